The summed E-state index contributed by atoms with van der Waals surface area (Å²) in [5, 5.41) is 0.632. The van der Waals surface area contributed by atoms with Crippen molar-refractivity contribution in [2.24, 2.45) is 5.92 Å². The summed E-state index contributed by atoms with van der Waals surface area (Å²) in [6, 6.07) is 7.64. The Labute approximate surface area is 171 Å². The molecule has 0 radical (unpaired) electrons. The van der Waals surface area contributed by atoms with Gasteiger partial charge in [0.1, 0.15) is 5.82 Å². The van der Waals surface area contributed by atoms with Crippen LogP contribution in [0.3, 0.4) is 0 Å². The second-order valence-electron chi connectivity index (χ2n) is 8.26. The van der Waals surface area contributed by atoms with Crippen LogP contribution in [0.5, 0.6) is 0 Å². The highest BCUT2D eigenvalue weighted by Gasteiger charge is 2.38. The molecule has 2 unspecified atom stereocenters. The van der Waals surface area contributed by atoms with E-state index in [1.807, 2.05) is 29.2 Å². The highest BCUT2D eigenvalue weighted by molar-refractivity contribution is 5.81. The van der Waals surface area contributed by atoms with E-state index in [1.165, 1.54) is 0 Å². The molecule has 2 fully saturated rings. The Morgan fingerprint density at radius 2 is 2.03 bits per heavy atom. The lowest BCUT2D eigenvalue weighted by molar-refractivity contribution is -0.137. The number of rotatable bonds is 6. The van der Waals surface area contributed by atoms with Crippen molar-refractivity contribution in [1.29, 1.82) is 0 Å². The van der Waals surface area contributed by atoms with Crippen LogP contribution in [-0.4, -0.2) is 64.7 Å². The summed E-state index contributed by atoms with van der Waals surface area (Å²) < 4.78 is 6.99. The molecule has 1 aromatic heterocycles. The molecule has 1 aromatic carbocycles. The maximum Gasteiger partial charge on any atom is 0.261 e. The summed E-state index contributed by atoms with van der Waals surface area (Å²) in [5.41, 5.74) is 0.703. The molecule has 2 aliphatic rings. The van der Waals surface area contributed by atoms with Crippen molar-refractivity contribution < 1.29 is 9.53 Å². The van der Waals surface area contributed by atoms with E-state index in [4.69, 9.17) is 9.72 Å². The van der Waals surface area contributed by atoms with Gasteiger partial charge in [0.05, 0.1) is 30.1 Å². The second kappa shape index (κ2) is 8.24. The molecule has 1 saturated heterocycles. The first-order chi connectivity index (χ1) is 14.0. The standard InChI is InChI=1S/C22H30N4O3/c1-15-14-24(10-11-25(15)21(27)17-8-9-17)16(2)20-23-19-7-5-4-6-18(19)22(28)26(20)12-13-29-3/h4-7,15-17H,8-14H2,1-3H3. The molecule has 7 nitrogen and oxygen atoms in total. The fourth-order valence-electron chi connectivity index (χ4n) is 4.30. The molecule has 0 spiro atoms. The zero-order chi connectivity index (χ0) is 20.5. The third kappa shape index (κ3) is 3.94. The summed E-state index contributed by atoms with van der Waals surface area (Å²) in [6.45, 7) is 7.46. The fourth-order valence-corrected chi connectivity index (χ4v) is 4.30. The Kier molecular flexibility index (Phi) is 5.69. The van der Waals surface area contributed by atoms with Gasteiger partial charge in [-0.05, 0) is 38.8 Å². The molecule has 0 N–H and O–H groups in total. The number of methoxy groups -OCH3 is 1. The van der Waals surface area contributed by atoms with Crippen LogP contribution in [0.4, 0.5) is 0 Å². The molecule has 29 heavy (non-hydrogen) atoms. The predicted octanol–water partition coefficient (Wildman–Crippen LogP) is 2.05. The van der Waals surface area contributed by atoms with E-state index in [0.717, 1.165) is 43.8 Å². The van der Waals surface area contributed by atoms with Gasteiger partial charge < -0.3 is 9.64 Å². The summed E-state index contributed by atoms with van der Waals surface area (Å²) >= 11 is 0. The van der Waals surface area contributed by atoms with Crippen molar-refractivity contribution in [3.63, 3.8) is 0 Å². The van der Waals surface area contributed by atoms with Crippen molar-refractivity contribution in [2.75, 3.05) is 33.4 Å². The van der Waals surface area contributed by atoms with Crippen LogP contribution < -0.4 is 5.56 Å². The zero-order valence-electron chi connectivity index (χ0n) is 17.5. The number of aromatic nitrogens is 2. The molecule has 1 aliphatic carbocycles. The highest BCUT2D eigenvalue weighted by atomic mass is 16.5. The maximum absolute atomic E-state index is 13.1. The van der Waals surface area contributed by atoms with Crippen LogP contribution in [0, 0.1) is 5.92 Å². The Morgan fingerprint density at radius 1 is 1.28 bits per heavy atom. The molecule has 2 aromatic rings. The SMILES string of the molecule is COCCn1c(C(C)N2CCN(C(=O)C3CC3)C(C)C2)nc2ccccc2c1=O. The lowest BCUT2D eigenvalue weighted by Crippen LogP contribution is -2.55. The summed E-state index contributed by atoms with van der Waals surface area (Å²) in [5.74, 6) is 1.33. The number of amides is 1. The maximum atomic E-state index is 13.1. The average molecular weight is 399 g/mol. The number of benzene rings is 1. The number of carbonyl (C=O) groups is 1. The van der Waals surface area contributed by atoms with Crippen LogP contribution in [0.25, 0.3) is 10.9 Å². The van der Waals surface area contributed by atoms with Gasteiger partial charge in [-0.3, -0.25) is 19.1 Å². The minimum Gasteiger partial charge on any atom is -0.383 e. The number of para-hydroxylation sites is 1. The Morgan fingerprint density at radius 3 is 2.72 bits per heavy atom. The van der Waals surface area contributed by atoms with Gasteiger partial charge in [0, 0.05) is 38.7 Å². The number of nitrogens with zero attached hydrogens (tertiary/aromatic N) is 4. The second-order valence-corrected chi connectivity index (χ2v) is 8.26. The molecule has 1 aliphatic heterocycles. The molecule has 1 saturated carbocycles. The van der Waals surface area contributed by atoms with Crippen LogP contribution >= 0.6 is 0 Å². The number of hydrogen-bond donors (Lipinski definition) is 0. The first-order valence-corrected chi connectivity index (χ1v) is 10.5. The molecule has 2 atom stereocenters. The van der Waals surface area contributed by atoms with E-state index in [0.29, 0.717) is 24.4 Å². The Bertz CT molecular complexity index is 953. The molecule has 7 heteroatoms. The van der Waals surface area contributed by atoms with Crippen molar-refractivity contribution in [3.8, 4) is 0 Å². The minimum absolute atomic E-state index is 0.0231. The number of piperazine rings is 1. The largest absolute Gasteiger partial charge is 0.383 e. The van der Waals surface area contributed by atoms with Crippen molar-refractivity contribution >= 4 is 16.8 Å². The van der Waals surface area contributed by atoms with Crippen LogP contribution in [0.15, 0.2) is 29.1 Å². The third-order valence-corrected chi connectivity index (χ3v) is 6.20. The van der Waals surface area contributed by atoms with Crippen molar-refractivity contribution in [3.05, 3.63) is 40.4 Å². The monoisotopic (exact) mass is 398 g/mol. The quantitative estimate of drug-likeness (QED) is 0.745. The topological polar surface area (TPSA) is 67.7 Å². The van der Waals surface area contributed by atoms with Crippen LogP contribution in [0.2, 0.25) is 0 Å². The normalized spacial score (nSPS) is 21.5. The molecular formula is C22H30N4O3. The molecular weight excluding hydrogens is 368 g/mol. The van der Waals surface area contributed by atoms with Gasteiger partial charge in [-0.2, -0.15) is 0 Å². The van der Waals surface area contributed by atoms with Crippen molar-refractivity contribution in [2.45, 2.75) is 45.3 Å². The number of fused-ring (bicyclic) bond motifs is 1. The van der Waals surface area contributed by atoms with Gasteiger partial charge >= 0.3 is 0 Å². The molecule has 0 bridgehead atoms. The Hall–Kier alpha value is -2.25. The minimum atomic E-state index is -0.0233. The van der Waals surface area contributed by atoms with E-state index < -0.39 is 0 Å². The predicted molar refractivity (Wildman–Crippen MR) is 112 cm³/mol. The van der Waals surface area contributed by atoms with Gasteiger partial charge in [-0.1, -0.05) is 12.1 Å². The number of carbonyl (C=O) groups excluding carboxylic acids is 1. The van der Waals surface area contributed by atoms with E-state index in [1.54, 1.807) is 11.7 Å². The number of ether oxygens (including phenoxy) is 1. The van der Waals surface area contributed by atoms with E-state index in [9.17, 15) is 9.59 Å². The van der Waals surface area contributed by atoms with E-state index in [-0.39, 0.29) is 23.6 Å². The summed E-state index contributed by atoms with van der Waals surface area (Å²) in [6.07, 6.45) is 2.07. The van der Waals surface area contributed by atoms with Gasteiger partial charge in [-0.15, -0.1) is 0 Å². The average Bonchev–Trinajstić information content (AvgIpc) is 3.57. The lowest BCUT2D eigenvalue weighted by Gasteiger charge is -2.42. The van der Waals surface area contributed by atoms with Gasteiger partial charge in [-0.25, -0.2) is 4.98 Å². The fraction of sp³-hybridized carbons (Fsp3) is 0.591. The highest BCUT2D eigenvalue weighted by Crippen LogP contribution is 2.33. The first kappa shape index (κ1) is 20.0. The molecule has 1 amide bonds. The van der Waals surface area contributed by atoms with Gasteiger partial charge in [0.2, 0.25) is 5.91 Å². The van der Waals surface area contributed by atoms with Crippen molar-refractivity contribution in [1.82, 2.24) is 19.4 Å². The molecule has 2 heterocycles. The Balaban J connectivity index is 1.61. The third-order valence-electron chi connectivity index (χ3n) is 6.20. The lowest BCUT2D eigenvalue weighted by atomic mass is 10.1. The van der Waals surface area contributed by atoms with E-state index in [2.05, 4.69) is 18.7 Å². The molecule has 156 valence electrons. The number of hydrogen-bond acceptors (Lipinski definition) is 5. The smallest absolute Gasteiger partial charge is 0.261 e. The molecule has 4 rings (SSSR count). The van der Waals surface area contributed by atoms with Crippen LogP contribution in [0.1, 0.15) is 38.6 Å². The first-order valence-electron chi connectivity index (χ1n) is 10.5. The van der Waals surface area contributed by atoms with E-state index >= 15 is 0 Å². The van der Waals surface area contributed by atoms with Crippen LogP contribution in [-0.2, 0) is 16.1 Å². The summed E-state index contributed by atoms with van der Waals surface area (Å²) in [7, 11) is 1.64. The zero-order valence-corrected chi connectivity index (χ0v) is 17.5. The van der Waals surface area contributed by atoms with Gasteiger partial charge in [0.15, 0.2) is 0 Å². The van der Waals surface area contributed by atoms with Gasteiger partial charge in [0.25, 0.3) is 5.56 Å². The summed E-state index contributed by atoms with van der Waals surface area (Å²) in [4.78, 5) is 34.9.